The summed E-state index contributed by atoms with van der Waals surface area (Å²) in [6.07, 6.45) is 11.5. The maximum absolute atomic E-state index is 4.97. The molecule has 0 fully saturated rings. The highest BCUT2D eigenvalue weighted by molar-refractivity contribution is 8.05. The molecule has 0 unspecified atom stereocenters. The van der Waals surface area contributed by atoms with Crippen LogP contribution in [0.2, 0.25) is 0 Å². The lowest BCUT2D eigenvalue weighted by atomic mass is 9.82. The molecule has 2 heterocycles. The van der Waals surface area contributed by atoms with Crippen molar-refractivity contribution in [3.8, 4) is 16.8 Å². The van der Waals surface area contributed by atoms with E-state index >= 15 is 0 Å². The van der Waals surface area contributed by atoms with Gasteiger partial charge in [-0.05, 0) is 84.4 Å². The number of benzene rings is 5. The second kappa shape index (κ2) is 15.3. The molecule has 274 valence electrons. The molecular weight excluding hydrogens is 721 g/mol. The lowest BCUT2D eigenvalue weighted by molar-refractivity contribution is 0.642. The van der Waals surface area contributed by atoms with E-state index in [9.17, 15) is 0 Å². The Bertz CT molecular complexity index is 2700. The molecule has 0 saturated carbocycles. The zero-order valence-corrected chi connectivity index (χ0v) is 33.6. The van der Waals surface area contributed by atoms with Crippen molar-refractivity contribution in [3.05, 3.63) is 186 Å². The van der Waals surface area contributed by atoms with E-state index in [1.807, 2.05) is 79.0 Å². The van der Waals surface area contributed by atoms with Crippen LogP contribution in [0.3, 0.4) is 0 Å². The van der Waals surface area contributed by atoms with Crippen LogP contribution in [-0.4, -0.2) is 23.0 Å². The monoisotopic (exact) mass is 762 g/mol. The smallest absolute Gasteiger partial charge is 0.161 e. The van der Waals surface area contributed by atoms with Crippen molar-refractivity contribution in [1.29, 1.82) is 0 Å². The number of hydrogen-bond donors (Lipinski definition) is 0. The van der Waals surface area contributed by atoms with Crippen molar-refractivity contribution in [1.82, 2.24) is 4.57 Å². The highest BCUT2D eigenvalue weighted by Crippen LogP contribution is 2.60. The van der Waals surface area contributed by atoms with Crippen molar-refractivity contribution in [2.75, 3.05) is 0 Å². The van der Waals surface area contributed by atoms with Gasteiger partial charge in [-0.25, -0.2) is 9.98 Å². The minimum absolute atomic E-state index is 0.210. The Labute approximate surface area is 338 Å². The summed E-state index contributed by atoms with van der Waals surface area (Å²) in [5, 5.41) is 1.14. The van der Waals surface area contributed by atoms with E-state index < -0.39 is 0 Å². The Morgan fingerprint density at radius 2 is 1.54 bits per heavy atom. The van der Waals surface area contributed by atoms with Gasteiger partial charge in [0.1, 0.15) is 0 Å². The number of amidine groups is 2. The number of nitrogens with zero attached hydrogens (tertiary/aromatic N) is 4. The van der Waals surface area contributed by atoms with E-state index in [1.54, 1.807) is 6.08 Å². The normalized spacial score (nSPS) is 14.6. The molecule has 0 amide bonds. The summed E-state index contributed by atoms with van der Waals surface area (Å²) < 4.78 is 2.34. The Balaban J connectivity index is 1.26. The molecule has 0 spiro atoms. The zero-order chi connectivity index (χ0) is 39.0. The number of allylic oxidation sites excluding steroid dienone is 3. The van der Waals surface area contributed by atoms with E-state index in [1.165, 1.54) is 41.8 Å². The summed E-state index contributed by atoms with van der Waals surface area (Å²) in [7, 11) is 0. The third kappa shape index (κ3) is 6.29. The number of aliphatic imine (C=N–C) groups is 3. The number of rotatable bonds is 9. The van der Waals surface area contributed by atoms with Crippen LogP contribution in [0.4, 0.5) is 0 Å². The molecule has 6 aromatic rings. The largest absolute Gasteiger partial charge is 0.309 e. The Kier molecular flexibility index (Phi) is 10.1. The molecule has 0 N–H and O–H groups in total. The summed E-state index contributed by atoms with van der Waals surface area (Å²) in [6, 6.07) is 36.4. The van der Waals surface area contributed by atoms with Gasteiger partial charge < -0.3 is 4.57 Å². The van der Waals surface area contributed by atoms with Gasteiger partial charge in [-0.3, -0.25) is 4.99 Å². The summed E-state index contributed by atoms with van der Waals surface area (Å²) in [5.41, 5.74) is 11.9. The molecule has 8 rings (SSSR count). The van der Waals surface area contributed by atoms with Crippen molar-refractivity contribution in [2.45, 2.75) is 52.3 Å². The molecule has 1 aliphatic heterocycles. The van der Waals surface area contributed by atoms with Crippen LogP contribution in [0.1, 0.15) is 54.3 Å². The molecule has 0 radical (unpaired) electrons. The molecule has 0 bridgehead atoms. The first-order valence-corrected chi connectivity index (χ1v) is 20.3. The topological polar surface area (TPSA) is 42.0 Å². The van der Waals surface area contributed by atoms with Crippen LogP contribution in [-0.2, 0) is 12.0 Å². The first-order valence-electron chi connectivity index (χ1n) is 18.6. The maximum Gasteiger partial charge on any atom is 0.161 e. The minimum Gasteiger partial charge on any atom is -0.309 e. The van der Waals surface area contributed by atoms with E-state index in [0.29, 0.717) is 18.2 Å². The molecule has 1 aliphatic carbocycles. The zero-order valence-electron chi connectivity index (χ0n) is 31.9. The quantitative estimate of drug-likeness (QED) is 0.0835. The summed E-state index contributed by atoms with van der Waals surface area (Å²) in [6.45, 7) is 23.7. The van der Waals surface area contributed by atoms with Crippen LogP contribution in [0.15, 0.2) is 187 Å². The third-order valence-electron chi connectivity index (χ3n) is 10.5. The van der Waals surface area contributed by atoms with Crippen LogP contribution in [0.25, 0.3) is 39.9 Å². The number of fused-ring (bicyclic) bond motifs is 8. The first kappa shape index (κ1) is 37.0. The third-order valence-corrected chi connectivity index (χ3v) is 13.1. The fourth-order valence-electron chi connectivity index (χ4n) is 7.88. The standard InChI is InChI=1S/C50H42N4S2/c1-8-12-20-33(9-2)49(52-31-32-18-14-13-15-19-32)53-48(51-7)34-23-25-35(26-24-34)54-40(11-4)36(10-3)37-27-29-39-44(46(37)54)38-28-30-43-47(45(38)50(39,5)6)56-42-22-17-16-21-41(42)55-43/h8-30H,2-4,7,31H2,1,5-6H3/b12-8-,33-20+,52-49?,53-48?. The van der Waals surface area contributed by atoms with Gasteiger partial charge in [-0.15, -0.1) is 0 Å². The predicted molar refractivity (Wildman–Crippen MR) is 242 cm³/mol. The average Bonchev–Trinajstić information content (AvgIpc) is 3.69. The summed E-state index contributed by atoms with van der Waals surface area (Å²) >= 11 is 3.77. The van der Waals surface area contributed by atoms with E-state index in [0.717, 1.165) is 44.5 Å². The van der Waals surface area contributed by atoms with Gasteiger partial charge in [-0.2, -0.15) is 0 Å². The first-order chi connectivity index (χ1) is 27.3. The van der Waals surface area contributed by atoms with Gasteiger partial charge in [0.15, 0.2) is 11.7 Å². The van der Waals surface area contributed by atoms with Gasteiger partial charge >= 0.3 is 0 Å². The highest BCUT2D eigenvalue weighted by atomic mass is 32.2. The maximum atomic E-state index is 4.97. The molecule has 1 aromatic heterocycles. The van der Waals surface area contributed by atoms with Crippen LogP contribution < -0.4 is 0 Å². The van der Waals surface area contributed by atoms with Crippen LogP contribution >= 0.6 is 23.5 Å². The Morgan fingerprint density at radius 3 is 2.21 bits per heavy atom. The second-order valence-electron chi connectivity index (χ2n) is 14.1. The lowest BCUT2D eigenvalue weighted by Gasteiger charge is -2.28. The second-order valence-corrected chi connectivity index (χ2v) is 16.3. The number of aromatic nitrogens is 1. The average molecular weight is 763 g/mol. The van der Waals surface area contributed by atoms with Crippen LogP contribution in [0.5, 0.6) is 0 Å². The molecule has 0 atom stereocenters. The molecular formula is C50H42N4S2. The van der Waals surface area contributed by atoms with Gasteiger partial charge in [0.2, 0.25) is 0 Å². The van der Waals surface area contributed by atoms with E-state index in [4.69, 9.17) is 9.98 Å². The minimum atomic E-state index is -0.210. The number of hydrogen-bond acceptors (Lipinski definition) is 3. The van der Waals surface area contributed by atoms with Crippen molar-refractivity contribution >= 4 is 65.0 Å². The van der Waals surface area contributed by atoms with E-state index in [-0.39, 0.29) is 5.41 Å². The van der Waals surface area contributed by atoms with Crippen LogP contribution in [0, 0.1) is 0 Å². The predicted octanol–water partition coefficient (Wildman–Crippen LogP) is 13.6. The lowest BCUT2D eigenvalue weighted by Crippen LogP contribution is -2.17. The van der Waals surface area contributed by atoms with Crippen molar-refractivity contribution < 1.29 is 0 Å². The van der Waals surface area contributed by atoms with Gasteiger partial charge in [0, 0.05) is 58.3 Å². The highest BCUT2D eigenvalue weighted by Gasteiger charge is 2.41. The van der Waals surface area contributed by atoms with Gasteiger partial charge in [0.05, 0.1) is 17.8 Å². The Morgan fingerprint density at radius 1 is 0.804 bits per heavy atom. The summed E-state index contributed by atoms with van der Waals surface area (Å²) in [5.74, 6) is 1.01. The van der Waals surface area contributed by atoms with E-state index in [2.05, 4.69) is 135 Å². The molecule has 56 heavy (non-hydrogen) atoms. The fourth-order valence-corrected chi connectivity index (χ4v) is 10.4. The molecule has 2 aliphatic rings. The summed E-state index contributed by atoms with van der Waals surface area (Å²) in [4.78, 5) is 19.6. The SMILES string of the molecule is C=C/C(=C\C=C/C)C(=NCc1ccccc1)N=C(N=C)c1ccc(-n2c(C=C)c(C=C)c3ccc4c(c32)-c2ccc3c(c2C4(C)C)Sc2ccccc2S3)cc1. The molecule has 4 nitrogen and oxygen atoms in total. The van der Waals surface area contributed by atoms with Crippen molar-refractivity contribution in [2.24, 2.45) is 15.0 Å². The van der Waals surface area contributed by atoms with Gasteiger partial charge in [0.25, 0.3) is 0 Å². The molecule has 6 heteroatoms. The van der Waals surface area contributed by atoms with Gasteiger partial charge in [-0.1, -0.05) is 148 Å². The van der Waals surface area contributed by atoms with Crippen molar-refractivity contribution in [3.63, 3.8) is 0 Å². The molecule has 0 saturated heterocycles. The Hall–Kier alpha value is -5.95. The molecule has 5 aromatic carbocycles. The fraction of sp³-hybridized carbons (Fsp3) is 0.100.